The van der Waals surface area contributed by atoms with Crippen LogP contribution in [0.15, 0.2) is 0 Å². The van der Waals surface area contributed by atoms with Crippen molar-refractivity contribution in [1.29, 1.82) is 0 Å². The molecule has 0 unspecified atom stereocenters. The van der Waals surface area contributed by atoms with Gasteiger partial charge in [0.1, 0.15) is 0 Å². The minimum atomic E-state index is -0.591. The molecule has 5 heteroatoms. The van der Waals surface area contributed by atoms with Crippen molar-refractivity contribution in [2.24, 2.45) is 0 Å². The van der Waals surface area contributed by atoms with Crippen molar-refractivity contribution in [2.75, 3.05) is 0 Å². The first-order valence-corrected chi connectivity index (χ1v) is 7.93. The van der Waals surface area contributed by atoms with Gasteiger partial charge >= 0.3 is 54.3 Å². The van der Waals surface area contributed by atoms with E-state index in [0.29, 0.717) is 0 Å². The third-order valence-electron chi connectivity index (χ3n) is 0.530. The molecule has 0 rings (SSSR count). The third-order valence-corrected chi connectivity index (χ3v) is 10.7. The van der Waals surface area contributed by atoms with E-state index >= 15 is 0 Å². The molecule has 0 aliphatic carbocycles. The largest absolute Gasteiger partial charge is 1.00 e. The van der Waals surface area contributed by atoms with Crippen LogP contribution >= 0.6 is 0 Å². The van der Waals surface area contributed by atoms with Crippen molar-refractivity contribution in [3.63, 3.8) is 0 Å². The summed E-state index contributed by atoms with van der Waals surface area (Å²) >= 11 is 1.71. The fourth-order valence-corrected chi connectivity index (χ4v) is 0. The number of hydrogen-bond acceptors (Lipinski definition) is 0. The van der Waals surface area contributed by atoms with E-state index in [2.05, 4.69) is 19.6 Å². The van der Waals surface area contributed by atoms with Gasteiger partial charge < -0.3 is 50.9 Å². The van der Waals surface area contributed by atoms with Crippen molar-refractivity contribution in [2.45, 2.75) is 23.7 Å². The van der Waals surface area contributed by atoms with Crippen molar-refractivity contribution < 1.29 is 50.9 Å². The van der Waals surface area contributed by atoms with E-state index in [-0.39, 0.29) is 50.9 Å². The topological polar surface area (TPSA) is 0 Å². The van der Waals surface area contributed by atoms with Crippen LogP contribution in [0.1, 0.15) is 0 Å². The van der Waals surface area contributed by atoms with E-state index in [1.807, 2.05) is 0 Å². The smallest absolute Gasteiger partial charge is 1.00 e. The zero-order valence-corrected chi connectivity index (χ0v) is 14.5. The molecule has 0 saturated carbocycles. The van der Waals surface area contributed by atoms with Crippen LogP contribution in [0.2, 0.25) is 23.7 Å². The molecule has 0 atom stereocenters. The molecule has 0 radical (unpaired) electrons. The van der Waals surface area contributed by atoms with Crippen LogP contribution in [0.5, 0.6) is 0 Å². The maximum Gasteiger partial charge on any atom is -1.00 e. The molecule has 0 aromatic carbocycles. The van der Waals surface area contributed by atoms with Gasteiger partial charge in [0.05, 0.1) is 0 Å². The summed E-state index contributed by atoms with van der Waals surface area (Å²) in [5.41, 5.74) is 0. The second-order valence-electron chi connectivity index (χ2n) is 2.74. The summed E-state index contributed by atoms with van der Waals surface area (Å²) in [6.45, 7) is 7.21. The van der Waals surface area contributed by atoms with E-state index in [4.69, 9.17) is 0 Å². The molecule has 0 spiro atoms. The van der Waals surface area contributed by atoms with Crippen molar-refractivity contribution in [1.82, 2.24) is 0 Å². The number of halogens is 3. The van der Waals surface area contributed by atoms with Gasteiger partial charge in [0.15, 0.2) is 0 Å². The monoisotopic (exact) mass is 444 g/mol. The first kappa shape index (κ1) is 22.5. The minimum Gasteiger partial charge on any atom is -1.00 e. The molecule has 9 heavy (non-hydrogen) atoms. The Morgan fingerprint density at radius 2 is 1.11 bits per heavy atom. The Morgan fingerprint density at radius 3 is 1.11 bits per heavy atom. The van der Waals surface area contributed by atoms with Crippen molar-refractivity contribution >= 4 is 30.6 Å². The Morgan fingerprint density at radius 1 is 1.00 bits per heavy atom. The molecule has 0 heterocycles. The zero-order valence-electron chi connectivity index (χ0n) is 5.84. The molecule has 0 fully saturated rings. The molecule has 0 aliphatic heterocycles. The van der Waals surface area contributed by atoms with Crippen LogP contribution in [0.25, 0.3) is 0 Å². The average molecular weight is 446 g/mol. The molecule has 56 valence electrons. The predicted molar refractivity (Wildman–Crippen MR) is 33.9 cm³/mol. The van der Waals surface area contributed by atoms with Crippen molar-refractivity contribution in [3.8, 4) is 0 Å². The quantitative estimate of drug-likeness (QED) is 0.352. The van der Waals surface area contributed by atoms with Gasteiger partial charge in [0.2, 0.25) is 0 Å². The van der Waals surface area contributed by atoms with Crippen LogP contribution in [0.3, 0.4) is 0 Å². The average Bonchev–Trinajstić information content (AvgIpc) is 1.35. The molecule has 0 nitrogen and oxygen atoms in total. The predicted octanol–water partition coefficient (Wildman–Crippen LogP) is -7.54. The van der Waals surface area contributed by atoms with Crippen LogP contribution in [-0.2, 0) is 0 Å². The second-order valence-corrected chi connectivity index (χ2v) is 11.2. The van der Waals surface area contributed by atoms with Gasteiger partial charge in [0, 0.05) is 0 Å². The second kappa shape index (κ2) is 10.5. The zero-order chi connectivity index (χ0) is 5.21. The van der Waals surface area contributed by atoms with E-state index in [1.165, 1.54) is 4.06 Å². The van der Waals surface area contributed by atoms with Gasteiger partial charge in [-0.25, -0.2) is 0 Å². The van der Waals surface area contributed by atoms with Gasteiger partial charge in [-0.3, -0.25) is 0 Å². The SMILES string of the molecule is C[Si](C)(C)[CH2][Sn+3].[Br-].[Br-].[Br-]. The van der Waals surface area contributed by atoms with E-state index in [0.717, 1.165) is 0 Å². The van der Waals surface area contributed by atoms with Gasteiger partial charge in [-0.15, -0.1) is 0 Å². The minimum absolute atomic E-state index is 0. The summed E-state index contributed by atoms with van der Waals surface area (Å²) in [6.07, 6.45) is 0. The Balaban J connectivity index is -0.0000000417. The van der Waals surface area contributed by atoms with E-state index in [1.54, 1.807) is 22.5 Å². The maximum atomic E-state index is 2.40. The summed E-state index contributed by atoms with van der Waals surface area (Å²) in [6, 6.07) is 0. The van der Waals surface area contributed by atoms with Gasteiger partial charge in [-0.2, -0.15) is 0 Å². The standard InChI is InChI=1S/C4H11Si.3BrH.Sn/c1-5(2,3)4;;;;/h1H2,2-4H3;3*1H;/q;;;;+3/p-3. The molecular weight excluding hydrogens is 435 g/mol. The van der Waals surface area contributed by atoms with Crippen LogP contribution < -0.4 is 50.9 Å². The Kier molecular flexibility index (Phi) is 26.2. The van der Waals surface area contributed by atoms with Crippen LogP contribution in [0.4, 0.5) is 0 Å². The molecule has 0 aliphatic rings. The summed E-state index contributed by atoms with van der Waals surface area (Å²) in [7, 11) is -0.591. The molecular formula is C4H11Br3SiSn. The summed E-state index contributed by atoms with van der Waals surface area (Å²) in [4.78, 5) is 0. The molecule has 0 amide bonds. The summed E-state index contributed by atoms with van der Waals surface area (Å²) < 4.78 is 1.50. The normalized spacial score (nSPS) is 8.11. The molecule has 0 aromatic heterocycles. The van der Waals surface area contributed by atoms with Crippen LogP contribution in [0, 0.1) is 0 Å². The first-order valence-electron chi connectivity index (χ1n) is 2.21. The Labute approximate surface area is 104 Å². The fraction of sp³-hybridized carbons (Fsp3) is 1.00. The Hall–Kier alpha value is 2.46. The van der Waals surface area contributed by atoms with E-state index in [9.17, 15) is 0 Å². The number of rotatable bonds is 1. The molecule has 0 N–H and O–H groups in total. The number of hydrogen-bond donors (Lipinski definition) is 0. The van der Waals surface area contributed by atoms with Crippen molar-refractivity contribution in [3.05, 3.63) is 0 Å². The van der Waals surface area contributed by atoms with Gasteiger partial charge in [0.25, 0.3) is 0 Å². The maximum absolute atomic E-state index is 2.40. The third kappa shape index (κ3) is 25.1. The Bertz CT molecular complexity index is 45.6. The van der Waals surface area contributed by atoms with Gasteiger partial charge in [-0.05, 0) is 0 Å². The summed E-state index contributed by atoms with van der Waals surface area (Å²) in [5, 5.41) is 0. The fourth-order valence-electron chi connectivity index (χ4n) is 0. The molecule has 0 aromatic rings. The van der Waals surface area contributed by atoms with Gasteiger partial charge in [-0.1, -0.05) is 0 Å². The molecule has 0 saturated heterocycles. The van der Waals surface area contributed by atoms with E-state index < -0.39 is 8.07 Å². The summed E-state index contributed by atoms with van der Waals surface area (Å²) in [5.74, 6) is 0. The van der Waals surface area contributed by atoms with Crippen LogP contribution in [-0.4, -0.2) is 30.6 Å². The first-order chi connectivity index (χ1) is 2.56. The molecule has 0 bridgehead atoms.